The molecule has 1 saturated heterocycles. The number of aliphatic hydroxyl groups is 1. The van der Waals surface area contributed by atoms with Gasteiger partial charge in [-0.2, -0.15) is 13.2 Å². The quantitative estimate of drug-likeness (QED) is 0.627. The van der Waals surface area contributed by atoms with Crippen molar-refractivity contribution >= 4 is 38.9 Å². The first-order valence-corrected chi connectivity index (χ1v) is 11.7. The summed E-state index contributed by atoms with van der Waals surface area (Å²) in [6.07, 6.45) is -5.25. The van der Waals surface area contributed by atoms with E-state index >= 15 is 0 Å². The van der Waals surface area contributed by atoms with Gasteiger partial charge in [-0.25, -0.2) is 8.42 Å². The number of nitrogens with one attached hydrogen (secondary N) is 1. The fourth-order valence-corrected chi connectivity index (χ4v) is 4.85. The zero-order chi connectivity index (χ0) is 25.3. The standard InChI is InChI=1S/C21H20ClF3N2O6S/c1-20(30,21(23,24)25)19(29)26-16-7-6-13(12-15(16)22)34(31,32)17-5-3-2-4-14(17)18(28)27-8-10-33-11-9-27/h2-7,12,30H,8-11H2,1H3,(H,26,29). The summed E-state index contributed by atoms with van der Waals surface area (Å²) < 4.78 is 70.4. The Morgan fingerprint density at radius 3 is 2.32 bits per heavy atom. The highest BCUT2D eigenvalue weighted by molar-refractivity contribution is 7.91. The van der Waals surface area contributed by atoms with Crippen LogP contribution in [0.25, 0.3) is 0 Å². The Labute approximate surface area is 198 Å². The molecule has 0 aromatic heterocycles. The number of carbonyl (C=O) groups is 2. The first-order valence-electron chi connectivity index (χ1n) is 9.88. The first kappa shape index (κ1) is 25.9. The van der Waals surface area contributed by atoms with Gasteiger partial charge in [-0.15, -0.1) is 0 Å². The van der Waals surface area contributed by atoms with Crippen molar-refractivity contribution in [2.45, 2.75) is 28.5 Å². The number of alkyl halides is 3. The van der Waals surface area contributed by atoms with E-state index in [-0.39, 0.29) is 33.0 Å². The number of rotatable bonds is 5. The van der Waals surface area contributed by atoms with Crippen molar-refractivity contribution in [1.82, 2.24) is 4.90 Å². The third-order valence-electron chi connectivity index (χ3n) is 5.20. The highest BCUT2D eigenvalue weighted by Crippen LogP contribution is 2.34. The zero-order valence-electron chi connectivity index (χ0n) is 17.7. The number of hydrogen-bond donors (Lipinski definition) is 2. The predicted molar refractivity (Wildman–Crippen MR) is 115 cm³/mol. The maximum atomic E-state index is 13.3. The van der Waals surface area contributed by atoms with Gasteiger partial charge in [-0.05, 0) is 37.3 Å². The number of carbonyl (C=O) groups excluding carboxylic acids is 2. The van der Waals surface area contributed by atoms with Crippen molar-refractivity contribution in [2.24, 2.45) is 0 Å². The Morgan fingerprint density at radius 1 is 1.12 bits per heavy atom. The fourth-order valence-electron chi connectivity index (χ4n) is 3.08. The fraction of sp³-hybridized carbons (Fsp3) is 0.333. The van der Waals surface area contributed by atoms with E-state index in [0.717, 1.165) is 18.2 Å². The van der Waals surface area contributed by atoms with Gasteiger partial charge >= 0.3 is 6.18 Å². The van der Waals surface area contributed by atoms with Crippen molar-refractivity contribution in [3.05, 3.63) is 53.1 Å². The van der Waals surface area contributed by atoms with Gasteiger partial charge in [0.05, 0.1) is 39.3 Å². The predicted octanol–water partition coefficient (Wildman–Crippen LogP) is 2.90. The number of amides is 2. The molecule has 13 heteroatoms. The SMILES string of the molecule is CC(O)(C(=O)Nc1ccc(S(=O)(=O)c2ccccc2C(=O)N2CCOCC2)cc1Cl)C(F)(F)F. The molecule has 2 aromatic rings. The lowest BCUT2D eigenvalue weighted by molar-refractivity contribution is -0.242. The van der Waals surface area contributed by atoms with Crippen LogP contribution in [0, 0.1) is 0 Å². The van der Waals surface area contributed by atoms with Crippen LogP contribution in [0.4, 0.5) is 18.9 Å². The summed E-state index contributed by atoms with van der Waals surface area (Å²) in [4.78, 5) is 25.7. The molecule has 1 heterocycles. The summed E-state index contributed by atoms with van der Waals surface area (Å²) in [5.74, 6) is -2.29. The molecule has 2 amide bonds. The number of ether oxygens (including phenoxy) is 1. The van der Waals surface area contributed by atoms with Crippen molar-refractivity contribution < 1.29 is 41.0 Å². The normalized spacial score (nSPS) is 16.6. The lowest BCUT2D eigenvalue weighted by Crippen LogP contribution is -2.52. The Balaban J connectivity index is 1.92. The molecule has 0 radical (unpaired) electrons. The molecule has 2 N–H and O–H groups in total. The van der Waals surface area contributed by atoms with Crippen LogP contribution in [-0.4, -0.2) is 68.3 Å². The van der Waals surface area contributed by atoms with E-state index in [0.29, 0.717) is 26.3 Å². The van der Waals surface area contributed by atoms with E-state index in [1.54, 1.807) is 0 Å². The van der Waals surface area contributed by atoms with E-state index < -0.39 is 33.4 Å². The molecule has 1 aliphatic heterocycles. The minimum absolute atomic E-state index is 0.0564. The molecule has 1 aliphatic rings. The highest BCUT2D eigenvalue weighted by Gasteiger charge is 2.55. The van der Waals surface area contributed by atoms with Crippen LogP contribution in [0.2, 0.25) is 5.02 Å². The summed E-state index contributed by atoms with van der Waals surface area (Å²) in [5.41, 5.74) is -4.09. The number of nitrogens with zero attached hydrogens (tertiary/aromatic N) is 1. The number of anilines is 1. The molecule has 0 spiro atoms. The smallest absolute Gasteiger partial charge is 0.378 e. The van der Waals surface area contributed by atoms with Crippen LogP contribution in [0.5, 0.6) is 0 Å². The molecule has 3 rings (SSSR count). The van der Waals surface area contributed by atoms with E-state index in [2.05, 4.69) is 0 Å². The van der Waals surface area contributed by atoms with E-state index in [4.69, 9.17) is 16.3 Å². The van der Waals surface area contributed by atoms with Crippen LogP contribution in [0.1, 0.15) is 17.3 Å². The molecule has 8 nitrogen and oxygen atoms in total. The Bertz CT molecular complexity index is 1210. The average Bonchev–Trinajstić information content (AvgIpc) is 2.79. The first-order chi connectivity index (χ1) is 15.8. The summed E-state index contributed by atoms with van der Waals surface area (Å²) in [5, 5.41) is 10.9. The summed E-state index contributed by atoms with van der Waals surface area (Å²) >= 11 is 6.02. The number of halogens is 4. The van der Waals surface area contributed by atoms with Crippen molar-refractivity contribution in [3.8, 4) is 0 Å². The van der Waals surface area contributed by atoms with Gasteiger partial charge in [0.15, 0.2) is 0 Å². The molecular weight excluding hydrogens is 501 g/mol. The molecule has 1 unspecified atom stereocenters. The molecule has 34 heavy (non-hydrogen) atoms. The largest absolute Gasteiger partial charge is 0.426 e. The van der Waals surface area contributed by atoms with Crippen LogP contribution in [0.15, 0.2) is 52.3 Å². The summed E-state index contributed by atoms with van der Waals surface area (Å²) in [6.45, 7) is 1.52. The second-order valence-electron chi connectivity index (χ2n) is 7.57. The average molecular weight is 521 g/mol. The van der Waals surface area contributed by atoms with Gasteiger partial charge in [0.2, 0.25) is 15.4 Å². The Morgan fingerprint density at radius 2 is 1.74 bits per heavy atom. The van der Waals surface area contributed by atoms with Crippen LogP contribution >= 0.6 is 11.6 Å². The third-order valence-corrected chi connectivity index (χ3v) is 7.32. The summed E-state index contributed by atoms with van der Waals surface area (Å²) in [6, 6.07) is 8.54. The second-order valence-corrected chi connectivity index (χ2v) is 9.90. The molecule has 0 aliphatic carbocycles. The van der Waals surface area contributed by atoms with E-state index in [1.807, 2.05) is 5.32 Å². The minimum atomic E-state index is -5.25. The third kappa shape index (κ3) is 5.04. The van der Waals surface area contributed by atoms with E-state index in [9.17, 15) is 36.3 Å². The number of benzene rings is 2. The maximum absolute atomic E-state index is 13.3. The molecular formula is C21H20ClF3N2O6S. The van der Waals surface area contributed by atoms with Crippen LogP contribution in [-0.2, 0) is 19.4 Å². The van der Waals surface area contributed by atoms with Crippen molar-refractivity contribution in [3.63, 3.8) is 0 Å². The topological polar surface area (TPSA) is 113 Å². The molecule has 0 saturated carbocycles. The van der Waals surface area contributed by atoms with Gasteiger partial charge in [0, 0.05) is 13.1 Å². The molecule has 1 atom stereocenters. The molecule has 0 bridgehead atoms. The van der Waals surface area contributed by atoms with Crippen molar-refractivity contribution in [1.29, 1.82) is 0 Å². The second kappa shape index (κ2) is 9.53. The summed E-state index contributed by atoms with van der Waals surface area (Å²) in [7, 11) is -4.28. The number of morpholine rings is 1. The maximum Gasteiger partial charge on any atom is 0.426 e. The monoisotopic (exact) mass is 520 g/mol. The van der Waals surface area contributed by atoms with Crippen molar-refractivity contribution in [2.75, 3.05) is 31.6 Å². The highest BCUT2D eigenvalue weighted by atomic mass is 35.5. The molecule has 2 aromatic carbocycles. The number of sulfone groups is 1. The van der Waals surface area contributed by atoms with Gasteiger partial charge in [0.1, 0.15) is 0 Å². The van der Waals surface area contributed by atoms with E-state index in [1.165, 1.54) is 29.2 Å². The Kier molecular flexibility index (Phi) is 7.27. The molecule has 1 fully saturated rings. The minimum Gasteiger partial charge on any atom is -0.378 e. The van der Waals surface area contributed by atoms with Crippen LogP contribution < -0.4 is 5.32 Å². The lowest BCUT2D eigenvalue weighted by Gasteiger charge is -2.27. The Hall–Kier alpha value is -2.67. The zero-order valence-corrected chi connectivity index (χ0v) is 19.3. The lowest BCUT2D eigenvalue weighted by atomic mass is 10.1. The van der Waals surface area contributed by atoms with Gasteiger partial charge in [-0.1, -0.05) is 23.7 Å². The van der Waals surface area contributed by atoms with Gasteiger partial charge in [0.25, 0.3) is 11.8 Å². The van der Waals surface area contributed by atoms with Crippen LogP contribution in [0.3, 0.4) is 0 Å². The van der Waals surface area contributed by atoms with Gasteiger partial charge in [-0.3, -0.25) is 9.59 Å². The van der Waals surface area contributed by atoms with Gasteiger partial charge < -0.3 is 20.1 Å². The number of hydrogen-bond acceptors (Lipinski definition) is 6. The molecule has 184 valence electrons.